The number of fused-ring (bicyclic) bond motifs is 4. The molecule has 4 aromatic carbocycles. The van der Waals surface area contributed by atoms with Crippen LogP contribution in [0.2, 0.25) is 13.1 Å². The van der Waals surface area contributed by atoms with Crippen molar-refractivity contribution in [3.8, 4) is 22.3 Å². The van der Waals surface area contributed by atoms with Crippen molar-refractivity contribution < 1.29 is 47.2 Å². The van der Waals surface area contributed by atoms with Crippen LogP contribution in [0.5, 0.6) is 0 Å². The summed E-state index contributed by atoms with van der Waals surface area (Å²) in [7, 11) is 0. The minimum atomic E-state index is -0.601. The van der Waals surface area contributed by atoms with Crippen LogP contribution in [0.25, 0.3) is 28.3 Å². The van der Waals surface area contributed by atoms with Crippen LogP contribution < -0.4 is 28.1 Å². The van der Waals surface area contributed by atoms with E-state index in [1.165, 1.54) is 44.5 Å². The topological polar surface area (TPSA) is 0 Å². The molecule has 0 spiro atoms. The molecule has 2 aliphatic rings. The molecule has 0 saturated carbocycles. The van der Waals surface area contributed by atoms with Crippen LogP contribution in [-0.4, -0.2) is 5.92 Å². The van der Waals surface area contributed by atoms with Crippen molar-refractivity contribution in [2.75, 3.05) is 0 Å². The minimum Gasteiger partial charge on any atom is -1.00 e. The van der Waals surface area contributed by atoms with E-state index in [0.29, 0.717) is 5.92 Å². The third-order valence-corrected chi connectivity index (χ3v) is 16.3. The van der Waals surface area contributed by atoms with Crippen molar-refractivity contribution in [3.05, 3.63) is 118 Å². The Hall–Kier alpha value is -1.70. The maximum atomic E-state index is 2.56. The zero-order chi connectivity index (χ0) is 24.1. The van der Waals surface area contributed by atoms with Crippen molar-refractivity contribution in [1.82, 2.24) is 0 Å². The monoisotopic (exact) mass is 616 g/mol. The van der Waals surface area contributed by atoms with Crippen molar-refractivity contribution in [2.45, 2.75) is 45.7 Å². The van der Waals surface area contributed by atoms with Gasteiger partial charge in [-0.25, -0.2) is 0 Å². The summed E-state index contributed by atoms with van der Waals surface area (Å²) in [6.07, 6.45) is 4.74. The van der Waals surface area contributed by atoms with E-state index in [-0.39, 0.29) is 24.8 Å². The SMILES string of the molecule is CCC1=Cc2c(-c3ccccc3C)cccc2C1c1[c]([Zr+2][SiH](C)C)ccc2c1Cc1ccccc1-2.[Cl-].[Cl-]. The maximum Gasteiger partial charge on any atom is -1.00 e. The molecule has 4 aromatic rings. The second-order valence-corrected chi connectivity index (χ2v) is 24.9. The number of benzene rings is 4. The second-order valence-electron chi connectivity index (χ2n) is 10.3. The standard InChI is InChI=1S/C31H25.C2H7Si.2ClH.Zr/c1-3-21-18-29-25(23-12-6-4-10-20(23)2)14-8-16-27(29)31(21)28-17-9-15-26-24-13-7-5-11-22(24)19-30(26)28;1-3-2;;;/h4-16,18,31H,3,19H2,1-2H3;3H,1-2H3;2*1H;/q;;;;+2/p-2. The van der Waals surface area contributed by atoms with Crippen molar-refractivity contribution in [1.29, 1.82) is 0 Å². The number of allylic oxidation sites excluding steroid dienone is 1. The zero-order valence-electron chi connectivity index (χ0n) is 21.9. The van der Waals surface area contributed by atoms with Crippen LogP contribution >= 0.6 is 0 Å². The maximum absolute atomic E-state index is 2.56. The molecule has 0 saturated heterocycles. The van der Waals surface area contributed by atoms with Gasteiger partial charge in [-0.2, -0.15) is 0 Å². The van der Waals surface area contributed by atoms with Crippen LogP contribution in [0.1, 0.15) is 52.6 Å². The van der Waals surface area contributed by atoms with Crippen molar-refractivity contribution in [2.24, 2.45) is 0 Å². The summed E-state index contributed by atoms with van der Waals surface area (Å²) >= 11 is -0.563. The first kappa shape index (κ1) is 28.3. The van der Waals surface area contributed by atoms with Gasteiger partial charge in [0.15, 0.2) is 0 Å². The van der Waals surface area contributed by atoms with Gasteiger partial charge in [0.25, 0.3) is 0 Å². The predicted octanol–water partition coefficient (Wildman–Crippen LogP) is 1.87. The molecule has 0 nitrogen and oxygen atoms in total. The largest absolute Gasteiger partial charge is 1.00 e. The van der Waals surface area contributed by atoms with Gasteiger partial charge in [-0.3, -0.25) is 0 Å². The van der Waals surface area contributed by atoms with Crippen LogP contribution in [-0.2, 0) is 28.8 Å². The fraction of sp³-hybridized carbons (Fsp3) is 0.212. The number of rotatable bonds is 5. The molecule has 2 aliphatic carbocycles. The van der Waals surface area contributed by atoms with E-state index in [2.05, 4.69) is 112 Å². The van der Waals surface area contributed by atoms with Crippen LogP contribution in [0, 0.1) is 6.92 Å². The Balaban J connectivity index is 0.00000160. The van der Waals surface area contributed by atoms with Gasteiger partial charge in [0.05, 0.1) is 0 Å². The summed E-state index contributed by atoms with van der Waals surface area (Å²) in [5.74, 6) is -0.192. The number of hydrogen-bond acceptors (Lipinski definition) is 0. The number of aryl methyl sites for hydroxylation is 1. The van der Waals surface area contributed by atoms with Gasteiger partial charge in [0.1, 0.15) is 0 Å². The first-order valence-electron chi connectivity index (χ1n) is 13.0. The van der Waals surface area contributed by atoms with E-state index < -0.39 is 28.3 Å². The van der Waals surface area contributed by atoms with E-state index in [1.807, 2.05) is 0 Å². The molecule has 0 bridgehead atoms. The molecule has 6 rings (SSSR count). The average Bonchev–Trinajstić information content (AvgIpc) is 3.42. The fourth-order valence-corrected chi connectivity index (χ4v) is 14.5. The number of halogens is 2. The van der Waals surface area contributed by atoms with E-state index in [1.54, 1.807) is 20.0 Å². The molecule has 0 aliphatic heterocycles. The molecule has 4 heteroatoms. The molecule has 0 radical (unpaired) electrons. The summed E-state index contributed by atoms with van der Waals surface area (Å²) in [4.78, 5) is 0. The Labute approximate surface area is 246 Å². The van der Waals surface area contributed by atoms with Gasteiger partial charge < -0.3 is 24.8 Å². The van der Waals surface area contributed by atoms with Gasteiger partial charge in [-0.15, -0.1) is 0 Å². The molecule has 1 unspecified atom stereocenters. The molecule has 1 atom stereocenters. The minimum absolute atomic E-state index is 0. The van der Waals surface area contributed by atoms with Crippen LogP contribution in [0.3, 0.4) is 0 Å². The normalized spacial score (nSPS) is 14.6. The predicted molar refractivity (Wildman–Crippen MR) is 150 cm³/mol. The summed E-state index contributed by atoms with van der Waals surface area (Å²) in [6.45, 7) is 9.72. The molecule has 0 fully saturated rings. The summed E-state index contributed by atoms with van der Waals surface area (Å²) in [5, 5.41) is 0. The van der Waals surface area contributed by atoms with E-state index >= 15 is 0 Å². The third-order valence-electron chi connectivity index (χ3n) is 7.76. The first-order chi connectivity index (χ1) is 17.1. The van der Waals surface area contributed by atoms with Gasteiger partial charge >= 0.3 is 223 Å². The van der Waals surface area contributed by atoms with Crippen molar-refractivity contribution in [3.63, 3.8) is 0 Å². The van der Waals surface area contributed by atoms with Gasteiger partial charge in [-0.1, -0.05) is 0 Å². The Morgan fingerprint density at radius 1 is 0.784 bits per heavy atom. The number of hydrogen-bond donors (Lipinski definition) is 0. The average molecular weight is 619 g/mol. The molecular weight excluding hydrogens is 587 g/mol. The van der Waals surface area contributed by atoms with E-state index in [4.69, 9.17) is 0 Å². The van der Waals surface area contributed by atoms with E-state index in [9.17, 15) is 0 Å². The Morgan fingerprint density at radius 3 is 2.22 bits per heavy atom. The smallest absolute Gasteiger partial charge is 1.00 e. The van der Waals surface area contributed by atoms with Crippen LogP contribution in [0.4, 0.5) is 0 Å². The Kier molecular flexibility index (Phi) is 8.86. The van der Waals surface area contributed by atoms with Gasteiger partial charge in [0.2, 0.25) is 0 Å². The van der Waals surface area contributed by atoms with Crippen molar-refractivity contribution >= 4 is 15.3 Å². The van der Waals surface area contributed by atoms with Gasteiger partial charge in [0, 0.05) is 0 Å². The molecule has 0 heterocycles. The summed E-state index contributed by atoms with van der Waals surface area (Å²) in [6, 6.07) is 30.0. The molecule has 0 aromatic heterocycles. The third kappa shape index (κ3) is 4.92. The molecule has 37 heavy (non-hydrogen) atoms. The second kappa shape index (κ2) is 11.6. The molecule has 186 valence electrons. The molecule has 0 N–H and O–H groups in total. The fourth-order valence-electron chi connectivity index (χ4n) is 6.22. The quantitative estimate of drug-likeness (QED) is 0.264. The van der Waals surface area contributed by atoms with Gasteiger partial charge in [-0.05, 0) is 0 Å². The Morgan fingerprint density at radius 2 is 1.49 bits per heavy atom. The van der Waals surface area contributed by atoms with Crippen LogP contribution in [0.15, 0.2) is 84.4 Å². The zero-order valence-corrected chi connectivity index (χ0v) is 27.0. The van der Waals surface area contributed by atoms with E-state index in [0.717, 1.165) is 12.8 Å². The first-order valence-corrected chi connectivity index (χ1v) is 21.3. The summed E-state index contributed by atoms with van der Waals surface area (Å²) in [5.41, 5.74) is 16.5. The molecule has 0 amide bonds. The Bertz CT molecular complexity index is 1490. The molecular formula is C33H32Cl2SiZr. The summed E-state index contributed by atoms with van der Waals surface area (Å²) < 4.78 is 1.76.